The zero-order valence-corrected chi connectivity index (χ0v) is 15.4. The van der Waals surface area contributed by atoms with Crippen LogP contribution in [-0.2, 0) is 6.54 Å². The maximum atomic E-state index is 5.55. The summed E-state index contributed by atoms with van der Waals surface area (Å²) in [5.74, 6) is 1.07. The summed E-state index contributed by atoms with van der Waals surface area (Å²) in [7, 11) is 0. The van der Waals surface area contributed by atoms with Crippen LogP contribution in [0.25, 0.3) is 0 Å². The van der Waals surface area contributed by atoms with E-state index in [1.54, 1.807) is 6.26 Å². The molecule has 0 unspecified atom stereocenters. The maximum absolute atomic E-state index is 5.55. The molecule has 2 aliphatic heterocycles. The molecule has 2 aliphatic rings. The largest absolute Gasteiger partial charge is 0.468 e. The van der Waals surface area contributed by atoms with Gasteiger partial charge in [0.25, 0.3) is 0 Å². The smallest absolute Gasteiger partial charge is 0.171 e. The van der Waals surface area contributed by atoms with Gasteiger partial charge in [-0.2, -0.15) is 0 Å². The minimum Gasteiger partial charge on any atom is -0.468 e. The molecule has 2 bridgehead atoms. The molecule has 2 N–H and O–H groups in total. The van der Waals surface area contributed by atoms with Crippen LogP contribution in [0.2, 0.25) is 0 Å². The summed E-state index contributed by atoms with van der Waals surface area (Å²) in [6.45, 7) is 3.03. The fraction of sp³-hybridized carbons (Fsp3) is 0.450. The quantitative estimate of drug-likeness (QED) is 0.809. The van der Waals surface area contributed by atoms with E-state index < -0.39 is 0 Å². The van der Waals surface area contributed by atoms with Crippen LogP contribution in [0.3, 0.4) is 0 Å². The Labute approximate surface area is 154 Å². The van der Waals surface area contributed by atoms with E-state index in [1.165, 1.54) is 18.4 Å². The highest BCUT2D eigenvalue weighted by Crippen LogP contribution is 2.36. The van der Waals surface area contributed by atoms with Crippen molar-refractivity contribution in [3.63, 3.8) is 0 Å². The zero-order chi connectivity index (χ0) is 17.2. The Hall–Kier alpha value is -1.85. The van der Waals surface area contributed by atoms with E-state index in [0.717, 1.165) is 35.9 Å². The van der Waals surface area contributed by atoms with Crippen molar-refractivity contribution in [3.05, 3.63) is 54.0 Å². The number of hydrogen-bond donors (Lipinski definition) is 2. The van der Waals surface area contributed by atoms with Gasteiger partial charge in [0.2, 0.25) is 0 Å². The molecule has 0 amide bonds. The number of hydrogen-bond acceptors (Lipinski definition) is 3. The van der Waals surface area contributed by atoms with Gasteiger partial charge in [-0.05, 0) is 68.6 Å². The molecule has 25 heavy (non-hydrogen) atoms. The Morgan fingerprint density at radius 3 is 2.60 bits per heavy atom. The van der Waals surface area contributed by atoms with Gasteiger partial charge in [0.15, 0.2) is 5.11 Å². The number of fused-ring (bicyclic) bond motifs is 2. The first-order valence-electron chi connectivity index (χ1n) is 9.10. The van der Waals surface area contributed by atoms with Gasteiger partial charge in [-0.3, -0.25) is 4.90 Å². The summed E-state index contributed by atoms with van der Waals surface area (Å²) in [6, 6.07) is 14.0. The molecule has 5 heteroatoms. The van der Waals surface area contributed by atoms with Crippen molar-refractivity contribution >= 4 is 23.0 Å². The third-order valence-electron chi connectivity index (χ3n) is 5.53. The Morgan fingerprint density at radius 2 is 1.92 bits per heavy atom. The van der Waals surface area contributed by atoms with E-state index >= 15 is 0 Å². The molecule has 2 fully saturated rings. The third-order valence-corrected chi connectivity index (χ3v) is 5.75. The average Bonchev–Trinajstić information content (AvgIpc) is 3.17. The van der Waals surface area contributed by atoms with Gasteiger partial charge >= 0.3 is 0 Å². The van der Waals surface area contributed by atoms with Crippen LogP contribution in [0.4, 0.5) is 5.69 Å². The number of furan rings is 1. The van der Waals surface area contributed by atoms with Crippen LogP contribution in [0, 0.1) is 6.92 Å². The monoisotopic (exact) mass is 355 g/mol. The fourth-order valence-corrected chi connectivity index (χ4v) is 4.57. The molecule has 2 saturated heterocycles. The molecule has 0 spiro atoms. The second-order valence-electron chi connectivity index (χ2n) is 7.22. The highest BCUT2D eigenvalue weighted by atomic mass is 32.1. The van der Waals surface area contributed by atoms with Gasteiger partial charge in [-0.15, -0.1) is 0 Å². The van der Waals surface area contributed by atoms with Gasteiger partial charge in [0, 0.05) is 23.8 Å². The van der Waals surface area contributed by atoms with Gasteiger partial charge < -0.3 is 15.1 Å². The highest BCUT2D eigenvalue weighted by Gasteiger charge is 2.41. The number of nitrogens with zero attached hydrogens (tertiary/aromatic N) is 1. The predicted octanol–water partition coefficient (Wildman–Crippen LogP) is 4.07. The molecule has 3 heterocycles. The summed E-state index contributed by atoms with van der Waals surface area (Å²) in [5, 5.41) is 7.63. The first-order chi connectivity index (χ1) is 12.2. The summed E-state index contributed by atoms with van der Waals surface area (Å²) in [5.41, 5.74) is 2.29. The minimum absolute atomic E-state index is 0.453. The number of aryl methyl sites for hydroxylation is 1. The number of rotatable bonds is 4. The van der Waals surface area contributed by atoms with E-state index in [1.807, 2.05) is 18.2 Å². The van der Waals surface area contributed by atoms with Crippen molar-refractivity contribution in [1.29, 1.82) is 0 Å². The Morgan fingerprint density at radius 1 is 1.16 bits per heavy atom. The van der Waals surface area contributed by atoms with E-state index in [2.05, 4.69) is 40.7 Å². The summed E-state index contributed by atoms with van der Waals surface area (Å²) >= 11 is 5.55. The van der Waals surface area contributed by atoms with Gasteiger partial charge in [0.05, 0.1) is 12.8 Å². The molecular formula is C20H25N3OS. The van der Waals surface area contributed by atoms with Crippen molar-refractivity contribution in [1.82, 2.24) is 10.2 Å². The van der Waals surface area contributed by atoms with E-state index in [4.69, 9.17) is 16.6 Å². The number of piperidine rings is 1. The number of anilines is 1. The minimum atomic E-state index is 0.453. The standard InChI is InChI=1S/C20H25N3OS/c1-14-5-2-3-7-19(14)22-20(25)21-15-11-16-8-9-17(12-15)23(16)13-18-6-4-10-24-18/h2-7,10,15-17H,8-9,11-13H2,1H3,(H2,21,22,25)/t16-,17-/m1/s1. The van der Waals surface area contributed by atoms with Crippen molar-refractivity contribution in [2.75, 3.05) is 5.32 Å². The zero-order valence-electron chi connectivity index (χ0n) is 14.6. The second kappa shape index (κ2) is 7.18. The Kier molecular flexibility index (Phi) is 4.77. The van der Waals surface area contributed by atoms with E-state index in [-0.39, 0.29) is 0 Å². The molecule has 2 aromatic rings. The van der Waals surface area contributed by atoms with Crippen molar-refractivity contribution in [3.8, 4) is 0 Å². The molecule has 0 aliphatic carbocycles. The summed E-state index contributed by atoms with van der Waals surface area (Å²) < 4.78 is 5.54. The second-order valence-corrected chi connectivity index (χ2v) is 7.63. The van der Waals surface area contributed by atoms with Gasteiger partial charge in [0.1, 0.15) is 5.76 Å². The Bertz CT molecular complexity index is 716. The molecule has 1 aromatic carbocycles. The molecule has 1 aromatic heterocycles. The first-order valence-corrected chi connectivity index (χ1v) is 9.51. The molecule has 2 atom stereocenters. The number of thiocarbonyl (C=S) groups is 1. The van der Waals surface area contributed by atoms with Crippen LogP contribution in [0.1, 0.15) is 37.0 Å². The molecular weight excluding hydrogens is 330 g/mol. The topological polar surface area (TPSA) is 40.4 Å². The lowest BCUT2D eigenvalue weighted by Crippen LogP contribution is -2.50. The number of benzene rings is 1. The van der Waals surface area contributed by atoms with Crippen molar-refractivity contribution in [2.24, 2.45) is 0 Å². The molecule has 4 rings (SSSR count). The lowest BCUT2D eigenvalue weighted by atomic mass is 9.97. The molecule has 0 saturated carbocycles. The van der Waals surface area contributed by atoms with Crippen LogP contribution in [-0.4, -0.2) is 28.1 Å². The summed E-state index contributed by atoms with van der Waals surface area (Å²) in [4.78, 5) is 2.62. The normalized spacial score (nSPS) is 25.7. The van der Waals surface area contributed by atoms with Crippen LogP contribution in [0.5, 0.6) is 0 Å². The fourth-order valence-electron chi connectivity index (χ4n) is 4.29. The molecule has 0 radical (unpaired) electrons. The first kappa shape index (κ1) is 16.6. The molecule has 4 nitrogen and oxygen atoms in total. The summed E-state index contributed by atoms with van der Waals surface area (Å²) in [6.07, 6.45) is 6.61. The highest BCUT2D eigenvalue weighted by molar-refractivity contribution is 7.80. The van der Waals surface area contributed by atoms with E-state index in [0.29, 0.717) is 18.1 Å². The predicted molar refractivity (Wildman–Crippen MR) is 105 cm³/mol. The molecule has 132 valence electrons. The van der Waals surface area contributed by atoms with Crippen LogP contribution in [0.15, 0.2) is 47.1 Å². The maximum Gasteiger partial charge on any atom is 0.171 e. The average molecular weight is 356 g/mol. The van der Waals surface area contributed by atoms with Crippen molar-refractivity contribution in [2.45, 2.75) is 57.3 Å². The van der Waals surface area contributed by atoms with Crippen molar-refractivity contribution < 1.29 is 4.42 Å². The SMILES string of the molecule is Cc1ccccc1NC(=S)NC1C[C@H]2CC[C@H](C1)N2Cc1ccco1. The van der Waals surface area contributed by atoms with Crippen LogP contribution < -0.4 is 10.6 Å². The number of nitrogens with one attached hydrogen (secondary N) is 2. The van der Waals surface area contributed by atoms with Gasteiger partial charge in [-0.1, -0.05) is 18.2 Å². The van der Waals surface area contributed by atoms with E-state index in [9.17, 15) is 0 Å². The Balaban J connectivity index is 1.33. The van der Waals surface area contributed by atoms with Gasteiger partial charge in [-0.25, -0.2) is 0 Å². The third kappa shape index (κ3) is 3.72. The number of para-hydroxylation sites is 1. The lowest BCUT2D eigenvalue weighted by Gasteiger charge is -2.39. The van der Waals surface area contributed by atoms with Crippen LogP contribution >= 0.6 is 12.2 Å². The lowest BCUT2D eigenvalue weighted by molar-refractivity contribution is 0.106.